The molecular weight excluding hydrogens is 592 g/mol. The Balaban J connectivity index is 1.39. The van der Waals surface area contributed by atoms with E-state index >= 15 is 0 Å². The van der Waals surface area contributed by atoms with Gasteiger partial charge in [-0.1, -0.05) is 53.2 Å². The van der Waals surface area contributed by atoms with Crippen molar-refractivity contribution in [2.75, 3.05) is 6.61 Å². The van der Waals surface area contributed by atoms with E-state index in [9.17, 15) is 40.5 Å². The van der Waals surface area contributed by atoms with Crippen molar-refractivity contribution in [2.45, 2.75) is 148 Å². The van der Waals surface area contributed by atoms with Crippen molar-refractivity contribution in [3.8, 4) is 0 Å². The number of rotatable bonds is 3. The van der Waals surface area contributed by atoms with Gasteiger partial charge in [-0.3, -0.25) is 4.79 Å². The summed E-state index contributed by atoms with van der Waals surface area (Å²) in [6.07, 6.45) is -1.65. The fourth-order valence-corrected chi connectivity index (χ4v) is 12.4. The quantitative estimate of drug-likeness (QED) is 0.177. The molecule has 262 valence electrons. The summed E-state index contributed by atoms with van der Waals surface area (Å²) in [7, 11) is 0. The molecule has 10 heteroatoms. The van der Waals surface area contributed by atoms with Gasteiger partial charge in [0, 0.05) is 5.92 Å². The zero-order valence-corrected chi connectivity index (χ0v) is 28.6. The van der Waals surface area contributed by atoms with Crippen LogP contribution in [0.2, 0.25) is 0 Å². The van der Waals surface area contributed by atoms with Gasteiger partial charge in [0.1, 0.15) is 24.4 Å². The highest BCUT2D eigenvalue weighted by atomic mass is 16.7. The molecule has 46 heavy (non-hydrogen) atoms. The predicted molar refractivity (Wildman–Crippen MR) is 168 cm³/mol. The molecule has 1 aliphatic heterocycles. The number of allylic oxidation sites excluding steroid dienone is 1. The first-order chi connectivity index (χ1) is 21.2. The molecule has 0 aromatic heterocycles. The van der Waals surface area contributed by atoms with Gasteiger partial charge < -0.3 is 45.2 Å². The summed E-state index contributed by atoms with van der Waals surface area (Å²) >= 11 is 0. The van der Waals surface area contributed by atoms with Gasteiger partial charge in [0.05, 0.1) is 29.8 Å². The molecule has 6 rings (SSSR count). The van der Waals surface area contributed by atoms with Crippen LogP contribution in [0.1, 0.15) is 99.8 Å². The van der Waals surface area contributed by atoms with E-state index in [2.05, 4.69) is 40.7 Å². The van der Waals surface area contributed by atoms with Crippen molar-refractivity contribution in [3.05, 3.63) is 11.6 Å². The highest BCUT2D eigenvalue weighted by Gasteiger charge is 2.72. The minimum Gasteiger partial charge on any atom is -0.432 e. The van der Waals surface area contributed by atoms with Crippen molar-refractivity contribution in [3.63, 3.8) is 0 Å². The van der Waals surface area contributed by atoms with E-state index in [1.54, 1.807) is 0 Å². The van der Waals surface area contributed by atoms with Gasteiger partial charge in [0.25, 0.3) is 0 Å². The Hall–Kier alpha value is -1.11. The first-order valence-corrected chi connectivity index (χ1v) is 17.5. The molecule has 1 saturated heterocycles. The molecule has 4 saturated carbocycles. The molecule has 16 atom stereocenters. The van der Waals surface area contributed by atoms with Crippen LogP contribution in [0.3, 0.4) is 0 Å². The van der Waals surface area contributed by atoms with Crippen LogP contribution in [-0.2, 0) is 14.3 Å². The number of hydrogen-bond donors (Lipinski definition) is 7. The minimum absolute atomic E-state index is 0.0940. The van der Waals surface area contributed by atoms with E-state index in [4.69, 9.17) is 9.47 Å². The van der Waals surface area contributed by atoms with Crippen LogP contribution in [-0.4, -0.2) is 96.8 Å². The van der Waals surface area contributed by atoms with Crippen molar-refractivity contribution in [1.29, 1.82) is 0 Å². The third-order valence-corrected chi connectivity index (χ3v) is 15.5. The zero-order chi connectivity index (χ0) is 34.0. The number of fused-ring (bicyclic) bond motifs is 7. The molecule has 0 spiro atoms. The lowest BCUT2D eigenvalue weighted by Gasteiger charge is -2.72. The molecule has 0 unspecified atom stereocenters. The number of esters is 1. The fourth-order valence-electron chi connectivity index (χ4n) is 12.4. The summed E-state index contributed by atoms with van der Waals surface area (Å²) in [5.74, 6) is -0.787. The topological polar surface area (TPSA) is 177 Å². The van der Waals surface area contributed by atoms with Gasteiger partial charge in [-0.2, -0.15) is 0 Å². The number of hydrogen-bond acceptors (Lipinski definition) is 10. The summed E-state index contributed by atoms with van der Waals surface area (Å²) in [5, 5.41) is 75.6. The van der Waals surface area contributed by atoms with Crippen molar-refractivity contribution in [2.24, 2.45) is 50.7 Å². The molecule has 10 nitrogen and oxygen atoms in total. The lowest BCUT2D eigenvalue weighted by Crippen LogP contribution is -2.69. The molecular formula is C36H58O10. The Kier molecular flexibility index (Phi) is 8.27. The van der Waals surface area contributed by atoms with Crippen molar-refractivity contribution in [1.82, 2.24) is 0 Å². The Morgan fingerprint density at radius 3 is 2.24 bits per heavy atom. The van der Waals surface area contributed by atoms with Crippen molar-refractivity contribution < 1.29 is 50.0 Å². The first-order valence-electron chi connectivity index (χ1n) is 17.5. The number of aliphatic hydroxyl groups is 7. The number of ether oxygens (including phenoxy) is 2. The first kappa shape index (κ1) is 34.7. The van der Waals surface area contributed by atoms with E-state index in [1.165, 1.54) is 0 Å². The van der Waals surface area contributed by atoms with Crippen LogP contribution in [0.5, 0.6) is 0 Å². The van der Waals surface area contributed by atoms with E-state index < -0.39 is 77.8 Å². The average Bonchev–Trinajstić information content (AvgIpc) is 2.98. The Morgan fingerprint density at radius 2 is 1.59 bits per heavy atom. The molecule has 0 aromatic carbocycles. The third-order valence-electron chi connectivity index (χ3n) is 15.5. The van der Waals surface area contributed by atoms with Crippen LogP contribution in [0, 0.1) is 50.7 Å². The van der Waals surface area contributed by atoms with Crippen LogP contribution < -0.4 is 0 Å². The number of carbonyl (C=O) groups is 1. The second-order valence-corrected chi connectivity index (χ2v) is 17.7. The molecule has 5 aliphatic carbocycles. The number of aliphatic hydroxyl groups excluding tert-OH is 6. The highest BCUT2D eigenvalue weighted by molar-refractivity contribution is 5.79. The third kappa shape index (κ3) is 4.39. The van der Waals surface area contributed by atoms with Gasteiger partial charge in [0.15, 0.2) is 0 Å². The predicted octanol–water partition coefficient (Wildman–Crippen LogP) is 2.43. The second kappa shape index (κ2) is 10.9. The van der Waals surface area contributed by atoms with Crippen LogP contribution in [0.25, 0.3) is 0 Å². The highest BCUT2D eigenvalue weighted by Crippen LogP contribution is 2.76. The summed E-state index contributed by atoms with van der Waals surface area (Å²) in [6, 6.07) is 0. The van der Waals surface area contributed by atoms with E-state index in [0.29, 0.717) is 32.1 Å². The molecule has 1 heterocycles. The smallest absolute Gasteiger partial charge is 0.315 e. The SMILES string of the molecule is C[C@@H]1CC[C@]2(C(=O)O[C@@H]3O[C@H](CO)[C@@H](O)[C@H](O)[C@H]3O)CC[C@]3(C)C(=CC[C@H]4[C@@]5(C)C[C@@H](O)[C@H](O)C(C)(C)[C@@H]5CC[C@]43C)[C@@H]2[C@]1(C)O. The monoisotopic (exact) mass is 650 g/mol. The summed E-state index contributed by atoms with van der Waals surface area (Å²) in [4.78, 5) is 14.5. The van der Waals surface area contributed by atoms with Gasteiger partial charge in [-0.15, -0.1) is 0 Å². The lowest BCUT2D eigenvalue weighted by molar-refractivity contribution is -0.299. The normalized spacial score (nSPS) is 56.4. The van der Waals surface area contributed by atoms with Gasteiger partial charge in [0.2, 0.25) is 6.29 Å². The minimum atomic E-state index is -1.70. The number of carbonyl (C=O) groups excluding carboxylic acids is 1. The Labute approximate surface area is 273 Å². The maximum atomic E-state index is 14.5. The Bertz CT molecular complexity index is 1250. The molecule has 0 amide bonds. The molecule has 6 aliphatic rings. The summed E-state index contributed by atoms with van der Waals surface area (Å²) < 4.78 is 11.5. The van der Waals surface area contributed by atoms with Gasteiger partial charge in [-0.05, 0) is 97.7 Å². The zero-order valence-electron chi connectivity index (χ0n) is 28.6. The second-order valence-electron chi connectivity index (χ2n) is 17.7. The molecule has 5 fully saturated rings. The van der Waals surface area contributed by atoms with E-state index in [-0.39, 0.29) is 34.0 Å². The van der Waals surface area contributed by atoms with Gasteiger partial charge >= 0.3 is 5.97 Å². The van der Waals surface area contributed by atoms with E-state index in [0.717, 1.165) is 24.8 Å². The summed E-state index contributed by atoms with van der Waals surface area (Å²) in [6.45, 7) is 14.4. The van der Waals surface area contributed by atoms with Gasteiger partial charge in [-0.25, -0.2) is 0 Å². The summed E-state index contributed by atoms with van der Waals surface area (Å²) in [5.41, 5.74) is -2.44. The van der Waals surface area contributed by atoms with E-state index in [1.807, 2.05) is 13.8 Å². The fraction of sp³-hybridized carbons (Fsp3) is 0.917. The maximum absolute atomic E-state index is 14.5. The lowest BCUT2D eigenvalue weighted by atomic mass is 9.33. The molecule has 7 N–H and O–H groups in total. The van der Waals surface area contributed by atoms with Crippen LogP contribution in [0.4, 0.5) is 0 Å². The van der Waals surface area contributed by atoms with Crippen LogP contribution >= 0.6 is 0 Å². The average molecular weight is 651 g/mol. The standard InChI is InChI=1S/C36H58O10/c1-18-10-13-36(30(43)46-29-26(41)25(40)24(39)21(17-37)45-29)15-14-33(5)19(27(36)35(18,7)44)8-9-23-32(4)16-20(38)28(42)31(2,3)22(32)11-12-34(23,33)6/h8,18,20-29,37-42,44H,9-17H2,1-7H3/t18-,20-,21-,22+,23+,24-,25+,26-,27-,28+,29+,32+,33-,34-,35-,36+/m1/s1. The molecule has 0 aromatic rings. The van der Waals surface area contributed by atoms with Crippen molar-refractivity contribution >= 4 is 5.97 Å². The van der Waals surface area contributed by atoms with Crippen LogP contribution in [0.15, 0.2) is 11.6 Å². The Morgan fingerprint density at radius 1 is 0.913 bits per heavy atom. The maximum Gasteiger partial charge on any atom is 0.315 e. The molecule has 0 bridgehead atoms. The molecule has 0 radical (unpaired) electrons. The largest absolute Gasteiger partial charge is 0.432 e.